The summed E-state index contributed by atoms with van der Waals surface area (Å²) in [6.45, 7) is 1.91. The smallest absolute Gasteiger partial charge is 0.211 e. The molecular weight excluding hydrogens is 298 g/mol. The average molecular weight is 315 g/mol. The maximum atomic E-state index is 12.3. The summed E-state index contributed by atoms with van der Waals surface area (Å²) >= 11 is 1.59. The second kappa shape index (κ2) is 6.02. The van der Waals surface area contributed by atoms with Crippen molar-refractivity contribution in [3.63, 3.8) is 0 Å². The van der Waals surface area contributed by atoms with E-state index < -0.39 is 5.60 Å². The van der Waals surface area contributed by atoms with Crippen LogP contribution in [0.2, 0.25) is 0 Å². The van der Waals surface area contributed by atoms with E-state index in [0.29, 0.717) is 24.9 Å². The lowest BCUT2D eigenvalue weighted by atomic mass is 9.84. The predicted molar refractivity (Wildman–Crippen MR) is 85.9 cm³/mol. The number of hydrogen-bond donors (Lipinski definition) is 1. The number of ketones is 1. The summed E-state index contributed by atoms with van der Waals surface area (Å²) in [5, 5.41) is 4.68. The predicted octanol–water partition coefficient (Wildman–Crippen LogP) is 3.65. The van der Waals surface area contributed by atoms with Gasteiger partial charge in [0.05, 0.1) is 6.10 Å². The van der Waals surface area contributed by atoms with E-state index in [1.807, 2.05) is 48.7 Å². The van der Waals surface area contributed by atoms with E-state index in [-0.39, 0.29) is 11.9 Å². The quantitative estimate of drug-likeness (QED) is 0.876. The minimum Gasteiger partial charge on any atom is -0.361 e. The zero-order chi connectivity index (χ0) is 15.6. The number of hydrogen-bond acceptors (Lipinski definition) is 4. The van der Waals surface area contributed by atoms with Gasteiger partial charge in [0.25, 0.3) is 0 Å². The molecule has 4 nitrogen and oxygen atoms in total. The van der Waals surface area contributed by atoms with Gasteiger partial charge >= 0.3 is 0 Å². The number of carbonyl (C=O) groups excluding carboxylic acids is 2. The highest BCUT2D eigenvalue weighted by Crippen LogP contribution is 2.44. The van der Waals surface area contributed by atoms with Gasteiger partial charge in [-0.05, 0) is 24.4 Å². The average Bonchev–Trinajstić information content (AvgIpc) is 3.01. The molecule has 5 heteroatoms. The number of anilines is 1. The summed E-state index contributed by atoms with van der Waals surface area (Å²) in [5.41, 5.74) is 0.771. The fourth-order valence-corrected chi connectivity index (χ4v) is 3.73. The Labute approximate surface area is 133 Å². The molecule has 2 aromatic rings. The van der Waals surface area contributed by atoms with Gasteiger partial charge in [0.2, 0.25) is 6.41 Å². The molecule has 2 heterocycles. The normalized spacial score (nSPS) is 25.0. The Morgan fingerprint density at radius 2 is 2.14 bits per heavy atom. The lowest BCUT2D eigenvalue weighted by Gasteiger charge is -2.39. The number of carbonyl (C=O) groups is 2. The topological polar surface area (TPSA) is 55.4 Å². The molecule has 1 fully saturated rings. The first-order valence-electron chi connectivity index (χ1n) is 7.15. The maximum Gasteiger partial charge on any atom is 0.211 e. The van der Waals surface area contributed by atoms with Crippen LogP contribution in [0.3, 0.4) is 0 Å². The molecule has 0 unspecified atom stereocenters. The van der Waals surface area contributed by atoms with Crippen molar-refractivity contribution in [1.29, 1.82) is 0 Å². The zero-order valence-corrected chi connectivity index (χ0v) is 13.1. The van der Waals surface area contributed by atoms with Crippen molar-refractivity contribution in [2.45, 2.75) is 31.5 Å². The third-order valence-electron chi connectivity index (χ3n) is 3.92. The Morgan fingerprint density at radius 3 is 2.86 bits per heavy atom. The number of amides is 1. The summed E-state index contributed by atoms with van der Waals surface area (Å²) in [7, 11) is 0. The van der Waals surface area contributed by atoms with Crippen molar-refractivity contribution in [3.05, 3.63) is 52.2 Å². The molecule has 1 amide bonds. The van der Waals surface area contributed by atoms with E-state index in [4.69, 9.17) is 4.74 Å². The fourth-order valence-electron chi connectivity index (χ4n) is 2.98. The molecule has 0 aliphatic carbocycles. The van der Waals surface area contributed by atoms with Crippen LogP contribution in [0.4, 0.5) is 5.69 Å². The third-order valence-corrected chi connectivity index (χ3v) is 4.89. The summed E-state index contributed by atoms with van der Waals surface area (Å²) in [6.07, 6.45) is 1.13. The highest BCUT2D eigenvalue weighted by Gasteiger charge is 2.40. The molecule has 0 radical (unpaired) electrons. The molecule has 3 rings (SSSR count). The van der Waals surface area contributed by atoms with Gasteiger partial charge in [-0.1, -0.05) is 24.3 Å². The number of nitrogens with one attached hydrogen (secondary N) is 1. The Morgan fingerprint density at radius 1 is 1.32 bits per heavy atom. The van der Waals surface area contributed by atoms with Crippen LogP contribution in [-0.4, -0.2) is 12.2 Å². The molecule has 1 aromatic carbocycles. The number of benzene rings is 1. The molecule has 1 aromatic heterocycles. The van der Waals surface area contributed by atoms with Crippen LogP contribution in [0.5, 0.6) is 0 Å². The lowest BCUT2D eigenvalue weighted by molar-refractivity contribution is -0.154. The molecular formula is C17H17NO3S. The first-order valence-corrected chi connectivity index (χ1v) is 8.03. The van der Waals surface area contributed by atoms with E-state index >= 15 is 0 Å². The Bertz CT molecular complexity index is 683. The number of Topliss-reactive ketones (excluding diaryl/α,β-unsaturated/α-hetero) is 1. The maximum absolute atomic E-state index is 12.3. The number of para-hydroxylation sites is 1. The second-order valence-corrected chi connectivity index (χ2v) is 6.56. The third kappa shape index (κ3) is 2.82. The van der Waals surface area contributed by atoms with Gasteiger partial charge in [0, 0.05) is 29.0 Å². The van der Waals surface area contributed by atoms with Crippen molar-refractivity contribution >= 4 is 29.2 Å². The van der Waals surface area contributed by atoms with Crippen LogP contribution in [0, 0.1) is 0 Å². The number of thiophene rings is 1. The number of ether oxygens (including phenoxy) is 1. The molecule has 1 saturated heterocycles. The first-order chi connectivity index (χ1) is 10.6. The van der Waals surface area contributed by atoms with Crippen molar-refractivity contribution in [1.82, 2.24) is 0 Å². The molecule has 114 valence electrons. The van der Waals surface area contributed by atoms with E-state index in [0.717, 1.165) is 10.4 Å². The molecule has 22 heavy (non-hydrogen) atoms. The van der Waals surface area contributed by atoms with Crippen molar-refractivity contribution in [3.8, 4) is 0 Å². The van der Waals surface area contributed by atoms with Crippen LogP contribution >= 0.6 is 11.3 Å². The number of rotatable bonds is 4. The van der Waals surface area contributed by atoms with E-state index in [9.17, 15) is 9.59 Å². The highest BCUT2D eigenvalue weighted by atomic mass is 32.1. The van der Waals surface area contributed by atoms with Gasteiger partial charge < -0.3 is 10.1 Å². The summed E-state index contributed by atoms with van der Waals surface area (Å²) in [4.78, 5) is 24.1. The Balaban J connectivity index is 1.97. The van der Waals surface area contributed by atoms with Gasteiger partial charge in [0.15, 0.2) is 0 Å². The summed E-state index contributed by atoms with van der Waals surface area (Å²) in [5.74, 6) is 0.174. The van der Waals surface area contributed by atoms with Gasteiger partial charge in [-0.2, -0.15) is 0 Å². The van der Waals surface area contributed by atoms with Crippen LogP contribution < -0.4 is 5.32 Å². The van der Waals surface area contributed by atoms with Crippen LogP contribution in [-0.2, 0) is 19.9 Å². The fraction of sp³-hybridized carbons (Fsp3) is 0.294. The van der Waals surface area contributed by atoms with Crippen molar-refractivity contribution in [2.24, 2.45) is 0 Å². The lowest BCUT2D eigenvalue weighted by Crippen LogP contribution is -2.37. The van der Waals surface area contributed by atoms with Crippen molar-refractivity contribution < 1.29 is 14.3 Å². The highest BCUT2D eigenvalue weighted by molar-refractivity contribution is 7.10. The molecule has 0 bridgehead atoms. The molecule has 0 saturated carbocycles. The minimum absolute atomic E-state index is 0.174. The SMILES string of the molecule is C[C@@]1(c2ccccc2NC=O)CC(=O)C[C@H](c2cccs2)O1. The molecule has 1 N–H and O–H groups in total. The molecule has 0 spiro atoms. The largest absolute Gasteiger partial charge is 0.361 e. The first kappa shape index (κ1) is 14.9. The van der Waals surface area contributed by atoms with Crippen molar-refractivity contribution in [2.75, 3.05) is 5.32 Å². The molecule has 1 aliphatic heterocycles. The Hall–Kier alpha value is -1.98. The van der Waals surface area contributed by atoms with Crippen LogP contribution in [0.1, 0.15) is 36.3 Å². The van der Waals surface area contributed by atoms with Gasteiger partial charge in [-0.3, -0.25) is 9.59 Å². The van der Waals surface area contributed by atoms with Gasteiger partial charge in [0.1, 0.15) is 11.4 Å². The molecule has 1 aliphatic rings. The van der Waals surface area contributed by atoms with E-state index in [1.165, 1.54) is 0 Å². The van der Waals surface area contributed by atoms with Crippen LogP contribution in [0.15, 0.2) is 41.8 Å². The Kier molecular flexibility index (Phi) is 4.09. The standard InChI is InChI=1S/C17H17NO3S/c1-17(13-5-2-3-6-14(13)18-11-19)10-12(20)9-15(21-17)16-7-4-8-22-16/h2-8,11,15H,9-10H2,1H3,(H,18,19)/t15-,17+/m1/s1. The second-order valence-electron chi connectivity index (χ2n) is 5.58. The van der Waals surface area contributed by atoms with Gasteiger partial charge in [-0.25, -0.2) is 0 Å². The van der Waals surface area contributed by atoms with E-state index in [1.54, 1.807) is 11.3 Å². The summed E-state index contributed by atoms with van der Waals surface area (Å²) < 4.78 is 6.30. The molecule has 2 atom stereocenters. The minimum atomic E-state index is -0.739. The van der Waals surface area contributed by atoms with Gasteiger partial charge in [-0.15, -0.1) is 11.3 Å². The van der Waals surface area contributed by atoms with Crippen LogP contribution in [0.25, 0.3) is 0 Å². The van der Waals surface area contributed by atoms with E-state index in [2.05, 4.69) is 5.32 Å². The zero-order valence-electron chi connectivity index (χ0n) is 12.2. The summed E-state index contributed by atoms with van der Waals surface area (Å²) in [6, 6.07) is 11.4. The monoisotopic (exact) mass is 315 g/mol.